The van der Waals surface area contributed by atoms with Gasteiger partial charge in [-0.2, -0.15) is 0 Å². The molecule has 7 heteroatoms. The van der Waals surface area contributed by atoms with Gasteiger partial charge in [-0.1, -0.05) is 30.3 Å². The highest BCUT2D eigenvalue weighted by Crippen LogP contribution is 2.24. The number of piperazine rings is 1. The minimum Gasteiger partial charge on any atom is -0.356 e. The van der Waals surface area contributed by atoms with Crippen LogP contribution < -0.4 is 10.6 Å². The zero-order chi connectivity index (χ0) is 19.8. The Morgan fingerprint density at radius 2 is 1.97 bits per heavy atom. The molecule has 2 heterocycles. The van der Waals surface area contributed by atoms with Crippen LogP contribution in [0.1, 0.15) is 28.5 Å². The summed E-state index contributed by atoms with van der Waals surface area (Å²) < 4.78 is 0. The number of benzene rings is 1. The van der Waals surface area contributed by atoms with Gasteiger partial charge in [0.1, 0.15) is 0 Å². The second-order valence-corrected chi connectivity index (χ2v) is 8.46. The van der Waals surface area contributed by atoms with Crippen molar-refractivity contribution in [2.75, 3.05) is 46.8 Å². The minimum atomic E-state index is 0. The van der Waals surface area contributed by atoms with Crippen molar-refractivity contribution in [2.45, 2.75) is 25.9 Å². The molecule has 0 radical (unpaired) electrons. The smallest absolute Gasteiger partial charge is 0.191 e. The highest BCUT2D eigenvalue weighted by atomic mass is 127. The van der Waals surface area contributed by atoms with Crippen molar-refractivity contribution in [3.63, 3.8) is 0 Å². The lowest BCUT2D eigenvalue weighted by Gasteiger charge is -2.40. The van der Waals surface area contributed by atoms with Gasteiger partial charge < -0.3 is 15.5 Å². The highest BCUT2D eigenvalue weighted by Gasteiger charge is 2.25. The molecule has 0 amide bonds. The van der Waals surface area contributed by atoms with Crippen LogP contribution in [0.2, 0.25) is 0 Å². The van der Waals surface area contributed by atoms with Crippen LogP contribution in [-0.4, -0.2) is 62.6 Å². The molecule has 5 nitrogen and oxygen atoms in total. The predicted octanol–water partition coefficient (Wildman–Crippen LogP) is 3.72. The van der Waals surface area contributed by atoms with Crippen molar-refractivity contribution in [1.82, 2.24) is 20.4 Å². The standard InChI is InChI=1S/C22H33N5S.HI/c1-18-10-15-28-21(18)16-25-22(23-2)24-11-7-12-27-14-13-26(3)17-20(27)19-8-5-4-6-9-19;/h4-6,8-10,15,20H,7,11-14,16-17H2,1-3H3,(H2,23,24,25);1H. The summed E-state index contributed by atoms with van der Waals surface area (Å²) in [4.78, 5) is 10.8. The average molecular weight is 528 g/mol. The number of aliphatic imine (C=N–C) groups is 1. The monoisotopic (exact) mass is 527 g/mol. The van der Waals surface area contributed by atoms with Gasteiger partial charge in [0.15, 0.2) is 5.96 Å². The number of halogens is 1. The van der Waals surface area contributed by atoms with Gasteiger partial charge in [-0.05, 0) is 43.0 Å². The Morgan fingerprint density at radius 3 is 2.66 bits per heavy atom. The number of guanidine groups is 1. The molecule has 1 unspecified atom stereocenters. The maximum atomic E-state index is 4.35. The number of aryl methyl sites for hydroxylation is 1. The van der Waals surface area contributed by atoms with E-state index in [1.54, 1.807) is 11.3 Å². The Hall–Kier alpha value is -1.16. The fourth-order valence-corrected chi connectivity index (χ4v) is 4.52. The normalized spacial score (nSPS) is 18.3. The van der Waals surface area contributed by atoms with E-state index >= 15 is 0 Å². The van der Waals surface area contributed by atoms with Gasteiger partial charge in [0.05, 0.1) is 6.54 Å². The summed E-state index contributed by atoms with van der Waals surface area (Å²) in [6.07, 6.45) is 1.10. The summed E-state index contributed by atoms with van der Waals surface area (Å²) in [5.41, 5.74) is 2.76. The molecule has 0 saturated carbocycles. The molecule has 29 heavy (non-hydrogen) atoms. The van der Waals surface area contributed by atoms with Gasteiger partial charge in [0, 0.05) is 50.7 Å². The molecule has 1 aliphatic heterocycles. The highest BCUT2D eigenvalue weighted by molar-refractivity contribution is 14.0. The fraction of sp³-hybridized carbons (Fsp3) is 0.500. The summed E-state index contributed by atoms with van der Waals surface area (Å²) in [5.74, 6) is 0.880. The number of thiophene rings is 1. The number of hydrogen-bond acceptors (Lipinski definition) is 4. The Bertz CT molecular complexity index is 749. The van der Waals surface area contributed by atoms with E-state index in [2.05, 4.69) is 81.2 Å². The molecule has 1 aliphatic rings. The lowest BCUT2D eigenvalue weighted by molar-refractivity contribution is 0.0891. The van der Waals surface area contributed by atoms with E-state index in [1.165, 1.54) is 16.0 Å². The van der Waals surface area contributed by atoms with Gasteiger partial charge in [-0.3, -0.25) is 9.89 Å². The molecule has 1 fully saturated rings. The first-order chi connectivity index (χ1) is 13.7. The Kier molecular flexibility index (Phi) is 10.4. The van der Waals surface area contributed by atoms with Crippen LogP contribution in [0.4, 0.5) is 0 Å². The van der Waals surface area contributed by atoms with Crippen LogP contribution in [0.3, 0.4) is 0 Å². The third-order valence-corrected chi connectivity index (χ3v) is 6.42. The number of hydrogen-bond donors (Lipinski definition) is 2. The maximum absolute atomic E-state index is 4.35. The SMILES string of the molecule is CN=C(NCCCN1CCN(C)CC1c1ccccc1)NCc1sccc1C.I. The molecule has 1 atom stereocenters. The molecule has 0 aliphatic carbocycles. The van der Waals surface area contributed by atoms with Gasteiger partial charge in [0.25, 0.3) is 0 Å². The van der Waals surface area contributed by atoms with Crippen LogP contribution in [0.5, 0.6) is 0 Å². The Balaban J connectivity index is 0.00000300. The van der Waals surface area contributed by atoms with Crippen LogP contribution in [0.15, 0.2) is 46.8 Å². The Labute approximate surface area is 196 Å². The molecule has 0 bridgehead atoms. The Morgan fingerprint density at radius 1 is 1.17 bits per heavy atom. The quantitative estimate of drug-likeness (QED) is 0.250. The van der Waals surface area contributed by atoms with E-state index in [9.17, 15) is 0 Å². The van der Waals surface area contributed by atoms with E-state index in [0.29, 0.717) is 6.04 Å². The third-order valence-electron chi connectivity index (χ3n) is 5.40. The van der Waals surface area contributed by atoms with Crippen molar-refractivity contribution >= 4 is 41.3 Å². The van der Waals surface area contributed by atoms with Crippen LogP contribution in [-0.2, 0) is 6.54 Å². The summed E-state index contributed by atoms with van der Waals surface area (Å²) >= 11 is 1.79. The first-order valence-electron chi connectivity index (χ1n) is 10.1. The lowest BCUT2D eigenvalue weighted by Crippen LogP contribution is -2.47. The van der Waals surface area contributed by atoms with Crippen LogP contribution in [0.25, 0.3) is 0 Å². The van der Waals surface area contributed by atoms with E-state index in [1.807, 2.05) is 7.05 Å². The van der Waals surface area contributed by atoms with Crippen molar-refractivity contribution < 1.29 is 0 Å². The first-order valence-corrected chi connectivity index (χ1v) is 11.0. The second-order valence-electron chi connectivity index (χ2n) is 7.46. The molecule has 160 valence electrons. The fourth-order valence-electron chi connectivity index (χ4n) is 3.67. The molecule has 1 aromatic carbocycles. The number of nitrogens with zero attached hydrogens (tertiary/aromatic N) is 3. The number of likely N-dealkylation sites (N-methyl/N-ethyl adjacent to an activating group) is 1. The summed E-state index contributed by atoms with van der Waals surface area (Å²) in [6, 6.07) is 13.6. The van der Waals surface area contributed by atoms with Crippen LogP contribution >= 0.6 is 35.3 Å². The molecule has 2 N–H and O–H groups in total. The summed E-state index contributed by atoms with van der Waals surface area (Å²) in [5, 5.41) is 9.02. The lowest BCUT2D eigenvalue weighted by atomic mass is 10.0. The van der Waals surface area contributed by atoms with Gasteiger partial charge in [-0.25, -0.2) is 0 Å². The van der Waals surface area contributed by atoms with E-state index in [-0.39, 0.29) is 24.0 Å². The zero-order valence-electron chi connectivity index (χ0n) is 17.7. The number of nitrogens with one attached hydrogen (secondary N) is 2. The van der Waals surface area contributed by atoms with Crippen molar-refractivity contribution in [2.24, 2.45) is 4.99 Å². The van der Waals surface area contributed by atoms with Gasteiger partial charge in [-0.15, -0.1) is 35.3 Å². The predicted molar refractivity (Wildman–Crippen MR) is 136 cm³/mol. The molecular weight excluding hydrogens is 493 g/mol. The molecule has 3 rings (SSSR count). The van der Waals surface area contributed by atoms with E-state index < -0.39 is 0 Å². The molecule has 1 aromatic heterocycles. The summed E-state index contributed by atoms with van der Waals surface area (Å²) in [7, 11) is 4.06. The van der Waals surface area contributed by atoms with Crippen molar-refractivity contribution in [1.29, 1.82) is 0 Å². The largest absolute Gasteiger partial charge is 0.356 e. The van der Waals surface area contributed by atoms with E-state index in [4.69, 9.17) is 0 Å². The minimum absolute atomic E-state index is 0. The zero-order valence-corrected chi connectivity index (χ0v) is 20.9. The average Bonchev–Trinajstić information content (AvgIpc) is 3.13. The summed E-state index contributed by atoms with van der Waals surface area (Å²) in [6.45, 7) is 8.38. The van der Waals surface area contributed by atoms with Crippen LogP contribution in [0, 0.1) is 6.92 Å². The molecule has 0 spiro atoms. The van der Waals surface area contributed by atoms with Gasteiger partial charge >= 0.3 is 0 Å². The maximum Gasteiger partial charge on any atom is 0.191 e. The topological polar surface area (TPSA) is 42.9 Å². The van der Waals surface area contributed by atoms with Crippen molar-refractivity contribution in [3.8, 4) is 0 Å². The molecule has 2 aromatic rings. The third kappa shape index (κ3) is 7.24. The molecular formula is C22H34IN5S. The van der Waals surface area contributed by atoms with Crippen molar-refractivity contribution in [3.05, 3.63) is 57.8 Å². The molecule has 1 saturated heterocycles. The first kappa shape index (κ1) is 24.1. The van der Waals surface area contributed by atoms with E-state index in [0.717, 1.165) is 51.6 Å². The van der Waals surface area contributed by atoms with Gasteiger partial charge in [0.2, 0.25) is 0 Å². The number of rotatable bonds is 7. The second kappa shape index (κ2) is 12.5.